The highest BCUT2D eigenvalue weighted by Crippen LogP contribution is 2.46. The second-order valence-corrected chi connectivity index (χ2v) is 8.44. The van der Waals surface area contributed by atoms with E-state index in [-0.39, 0.29) is 17.0 Å². The van der Waals surface area contributed by atoms with Gasteiger partial charge in [0.2, 0.25) is 5.88 Å². The van der Waals surface area contributed by atoms with Crippen LogP contribution in [0.15, 0.2) is 52.0 Å². The molecule has 0 bridgehead atoms. The van der Waals surface area contributed by atoms with Crippen LogP contribution in [0, 0.1) is 18.3 Å². The Kier molecular flexibility index (Phi) is 6.03. The second-order valence-electron chi connectivity index (χ2n) is 7.41. The maximum Gasteiger partial charge on any atom is 0.259 e. The van der Waals surface area contributed by atoms with Crippen LogP contribution < -0.4 is 30.2 Å². The van der Waals surface area contributed by atoms with Gasteiger partial charge in [-0.15, -0.1) is 11.3 Å². The second kappa shape index (κ2) is 8.92. The average Bonchev–Trinajstić information content (AvgIpc) is 3.33. The van der Waals surface area contributed by atoms with Gasteiger partial charge >= 0.3 is 0 Å². The summed E-state index contributed by atoms with van der Waals surface area (Å²) in [6.45, 7) is 2.25. The average molecular weight is 466 g/mol. The number of fused-ring (bicyclic) bond motifs is 1. The van der Waals surface area contributed by atoms with E-state index in [2.05, 4.69) is 6.07 Å². The van der Waals surface area contributed by atoms with Gasteiger partial charge < -0.3 is 29.2 Å². The Labute approximate surface area is 195 Å². The van der Waals surface area contributed by atoms with Crippen LogP contribution in [0.2, 0.25) is 0 Å². The summed E-state index contributed by atoms with van der Waals surface area (Å²) < 4.78 is 23.9. The first-order valence-corrected chi connectivity index (χ1v) is 11.0. The van der Waals surface area contributed by atoms with Gasteiger partial charge in [0.05, 0.1) is 39.4 Å². The SMILES string of the molecule is COc1cc(OC)c([C@H]2C(C#N)=C(N)Oc3cc(C)n(Cc4cccs4)c(=O)c32)cc1OC. The van der Waals surface area contributed by atoms with E-state index in [0.717, 1.165) is 10.6 Å². The number of aryl methyl sites for hydroxylation is 1. The molecule has 1 aromatic carbocycles. The third-order valence-corrected chi connectivity index (χ3v) is 6.49. The molecule has 9 heteroatoms. The van der Waals surface area contributed by atoms with Crippen molar-refractivity contribution in [1.29, 1.82) is 5.26 Å². The lowest BCUT2D eigenvalue weighted by molar-refractivity contribution is 0.346. The molecule has 2 aromatic heterocycles. The number of aromatic nitrogens is 1. The van der Waals surface area contributed by atoms with Crippen LogP contribution in [-0.4, -0.2) is 25.9 Å². The Bertz CT molecular complexity index is 1340. The fraction of sp³-hybridized carbons (Fsp3) is 0.250. The van der Waals surface area contributed by atoms with Crippen molar-refractivity contribution in [1.82, 2.24) is 4.57 Å². The molecule has 0 spiro atoms. The summed E-state index contributed by atoms with van der Waals surface area (Å²) in [5, 5.41) is 11.9. The van der Waals surface area contributed by atoms with Gasteiger partial charge in [-0.05, 0) is 24.4 Å². The molecule has 33 heavy (non-hydrogen) atoms. The number of nitrogens with zero attached hydrogens (tertiary/aromatic N) is 2. The zero-order valence-electron chi connectivity index (χ0n) is 18.7. The van der Waals surface area contributed by atoms with Crippen LogP contribution in [0.25, 0.3) is 0 Å². The van der Waals surface area contributed by atoms with E-state index in [1.165, 1.54) is 21.3 Å². The smallest absolute Gasteiger partial charge is 0.259 e. The van der Waals surface area contributed by atoms with Gasteiger partial charge in [-0.3, -0.25) is 4.79 Å². The van der Waals surface area contributed by atoms with Crippen molar-refractivity contribution >= 4 is 11.3 Å². The summed E-state index contributed by atoms with van der Waals surface area (Å²) >= 11 is 1.57. The van der Waals surface area contributed by atoms with Gasteiger partial charge in [-0.25, -0.2) is 0 Å². The first kappa shape index (κ1) is 22.3. The molecule has 0 fully saturated rings. The summed E-state index contributed by atoms with van der Waals surface area (Å²) in [7, 11) is 4.54. The fourth-order valence-corrected chi connectivity index (χ4v) is 4.72. The van der Waals surface area contributed by atoms with E-state index in [0.29, 0.717) is 40.7 Å². The zero-order valence-corrected chi connectivity index (χ0v) is 19.5. The molecule has 8 nitrogen and oxygen atoms in total. The highest BCUT2D eigenvalue weighted by atomic mass is 32.1. The van der Waals surface area contributed by atoms with Gasteiger partial charge in [-0.1, -0.05) is 6.07 Å². The van der Waals surface area contributed by atoms with Crippen LogP contribution in [0.4, 0.5) is 0 Å². The summed E-state index contributed by atoms with van der Waals surface area (Å²) in [5.74, 6) is 0.773. The van der Waals surface area contributed by atoms with Crippen LogP contribution in [0.3, 0.4) is 0 Å². The molecule has 0 unspecified atom stereocenters. The highest BCUT2D eigenvalue weighted by molar-refractivity contribution is 7.09. The molecule has 0 radical (unpaired) electrons. The predicted molar refractivity (Wildman–Crippen MR) is 124 cm³/mol. The van der Waals surface area contributed by atoms with Gasteiger partial charge in [0.15, 0.2) is 11.5 Å². The zero-order chi connectivity index (χ0) is 23.7. The lowest BCUT2D eigenvalue weighted by atomic mass is 9.83. The molecule has 2 N–H and O–H groups in total. The third kappa shape index (κ3) is 3.79. The minimum Gasteiger partial charge on any atom is -0.496 e. The summed E-state index contributed by atoms with van der Waals surface area (Å²) in [4.78, 5) is 14.8. The number of hydrogen-bond donors (Lipinski definition) is 1. The summed E-state index contributed by atoms with van der Waals surface area (Å²) in [5.41, 5.74) is 7.57. The molecule has 4 rings (SSSR count). The molecule has 0 saturated heterocycles. The van der Waals surface area contributed by atoms with Crippen molar-refractivity contribution < 1.29 is 18.9 Å². The van der Waals surface area contributed by atoms with E-state index < -0.39 is 5.92 Å². The summed E-state index contributed by atoms with van der Waals surface area (Å²) in [6, 6.07) is 11.2. The number of nitrogens with two attached hydrogens (primary N) is 1. The monoisotopic (exact) mass is 465 g/mol. The number of ether oxygens (including phenoxy) is 4. The number of nitriles is 1. The first-order valence-electron chi connectivity index (χ1n) is 10.1. The van der Waals surface area contributed by atoms with Gasteiger partial charge in [0, 0.05) is 28.3 Å². The number of pyridine rings is 1. The standard InChI is InChI=1S/C24H23N3O5S/c1-13-8-20-22(24(28)27(13)12-14-6-5-7-33-14)21(16(11-25)23(26)32-20)15-9-18(30-3)19(31-4)10-17(15)29-2/h5-10,21H,12,26H2,1-4H3/t21-/m0/s1. The number of allylic oxidation sites excluding steroid dienone is 1. The molecule has 1 aliphatic heterocycles. The first-order chi connectivity index (χ1) is 15.9. The Hall–Kier alpha value is -3.90. The Balaban J connectivity index is 2.00. The normalized spacial score (nSPS) is 14.8. The van der Waals surface area contributed by atoms with Crippen molar-refractivity contribution in [2.24, 2.45) is 5.73 Å². The van der Waals surface area contributed by atoms with Crippen LogP contribution in [-0.2, 0) is 6.54 Å². The van der Waals surface area contributed by atoms with Crippen molar-refractivity contribution in [3.05, 3.63) is 79.2 Å². The molecule has 0 amide bonds. The quantitative estimate of drug-likeness (QED) is 0.593. The number of rotatable bonds is 6. The molecular weight excluding hydrogens is 442 g/mol. The molecule has 1 aliphatic rings. The van der Waals surface area contributed by atoms with Gasteiger partial charge in [0.1, 0.15) is 23.1 Å². The van der Waals surface area contributed by atoms with E-state index in [1.54, 1.807) is 34.1 Å². The Morgan fingerprint density at radius 1 is 1.15 bits per heavy atom. The van der Waals surface area contributed by atoms with Crippen molar-refractivity contribution in [2.45, 2.75) is 19.4 Å². The summed E-state index contributed by atoms with van der Waals surface area (Å²) in [6.07, 6.45) is 0. The van der Waals surface area contributed by atoms with E-state index in [9.17, 15) is 10.1 Å². The van der Waals surface area contributed by atoms with Gasteiger partial charge in [0.25, 0.3) is 5.56 Å². The topological polar surface area (TPSA) is 109 Å². The van der Waals surface area contributed by atoms with E-state index in [4.69, 9.17) is 24.7 Å². The third-order valence-electron chi connectivity index (χ3n) is 5.63. The molecule has 1 atom stereocenters. The van der Waals surface area contributed by atoms with E-state index >= 15 is 0 Å². The predicted octanol–water partition coefficient (Wildman–Crippen LogP) is 3.51. The van der Waals surface area contributed by atoms with Crippen LogP contribution in [0.1, 0.15) is 27.6 Å². The number of hydrogen-bond acceptors (Lipinski definition) is 8. The van der Waals surface area contributed by atoms with Crippen molar-refractivity contribution in [2.75, 3.05) is 21.3 Å². The Morgan fingerprint density at radius 3 is 2.45 bits per heavy atom. The molecular formula is C24H23N3O5S. The highest BCUT2D eigenvalue weighted by Gasteiger charge is 2.36. The molecule has 0 saturated carbocycles. The van der Waals surface area contributed by atoms with Crippen molar-refractivity contribution in [3.8, 4) is 29.1 Å². The van der Waals surface area contributed by atoms with Gasteiger partial charge in [-0.2, -0.15) is 5.26 Å². The molecule has 3 heterocycles. The molecule has 0 aliphatic carbocycles. The Morgan fingerprint density at radius 2 is 1.85 bits per heavy atom. The van der Waals surface area contributed by atoms with Crippen LogP contribution in [0.5, 0.6) is 23.0 Å². The maximum absolute atomic E-state index is 13.8. The molecule has 170 valence electrons. The minimum atomic E-state index is -0.809. The lowest BCUT2D eigenvalue weighted by Gasteiger charge is -2.28. The minimum absolute atomic E-state index is 0.0540. The number of methoxy groups -OCH3 is 3. The largest absolute Gasteiger partial charge is 0.496 e. The maximum atomic E-state index is 13.8. The lowest BCUT2D eigenvalue weighted by Crippen LogP contribution is -2.33. The van der Waals surface area contributed by atoms with E-state index in [1.807, 2.05) is 24.4 Å². The number of thiophene rings is 1. The fourth-order valence-electron chi connectivity index (χ4n) is 4.03. The van der Waals surface area contributed by atoms with Crippen molar-refractivity contribution in [3.63, 3.8) is 0 Å². The van der Waals surface area contributed by atoms with Crippen LogP contribution >= 0.6 is 11.3 Å². The molecule has 3 aromatic rings. The number of benzene rings is 1.